The third kappa shape index (κ3) is 1.93. The Bertz CT molecular complexity index is 548. The summed E-state index contributed by atoms with van der Waals surface area (Å²) in [5.74, 6) is 0. The number of hydrogen-bond acceptors (Lipinski definition) is 3. The molecule has 3 heterocycles. The zero-order valence-corrected chi connectivity index (χ0v) is 12.9. The molecule has 4 nitrogen and oxygen atoms in total. The lowest BCUT2D eigenvalue weighted by atomic mass is 9.72. The summed E-state index contributed by atoms with van der Waals surface area (Å²) in [5.41, 5.74) is 1.77. The first-order valence-electron chi connectivity index (χ1n) is 6.88. The number of fused-ring (bicyclic) bond motifs is 2. The fraction of sp³-hybridized carbons (Fsp3) is 0.714. The predicted octanol–water partition coefficient (Wildman–Crippen LogP) is 2.98. The van der Waals surface area contributed by atoms with Crippen molar-refractivity contribution < 1.29 is 4.74 Å². The summed E-state index contributed by atoms with van der Waals surface area (Å²) in [5, 5.41) is 14.2. The van der Waals surface area contributed by atoms with Gasteiger partial charge >= 0.3 is 0 Å². The predicted molar refractivity (Wildman–Crippen MR) is 74.6 cm³/mol. The molecule has 0 aromatic carbocycles. The van der Waals surface area contributed by atoms with Gasteiger partial charge in [-0.15, -0.1) is 0 Å². The third-order valence-corrected chi connectivity index (χ3v) is 5.51. The second-order valence-corrected chi connectivity index (χ2v) is 6.43. The largest absolute Gasteiger partial charge is 0.373 e. The summed E-state index contributed by atoms with van der Waals surface area (Å²) in [6, 6.07) is 2.56. The van der Waals surface area contributed by atoms with Crippen molar-refractivity contribution in [3.63, 3.8) is 0 Å². The van der Waals surface area contributed by atoms with Gasteiger partial charge in [0.2, 0.25) is 0 Å². The van der Waals surface area contributed by atoms with E-state index in [2.05, 4.69) is 34.0 Å². The standard InChI is InChI=1S/C14H18BrN3O/c1-3-18-11(13(15)9(2)17-18)7-14(8-16)6-10-4-5-12(14)19-10/h10,12H,3-7H2,1-2H3. The molecule has 2 aliphatic heterocycles. The van der Waals surface area contributed by atoms with E-state index >= 15 is 0 Å². The van der Waals surface area contributed by atoms with Gasteiger partial charge in [-0.3, -0.25) is 4.68 Å². The van der Waals surface area contributed by atoms with Crippen LogP contribution < -0.4 is 0 Å². The molecule has 0 saturated carbocycles. The Morgan fingerprint density at radius 1 is 1.58 bits per heavy atom. The van der Waals surface area contributed by atoms with Crippen molar-refractivity contribution in [1.29, 1.82) is 5.26 Å². The van der Waals surface area contributed by atoms with Crippen molar-refractivity contribution in [2.75, 3.05) is 0 Å². The molecule has 1 aromatic rings. The van der Waals surface area contributed by atoms with Crippen LogP contribution in [-0.4, -0.2) is 22.0 Å². The number of aryl methyl sites for hydroxylation is 2. The molecular weight excluding hydrogens is 306 g/mol. The van der Waals surface area contributed by atoms with E-state index < -0.39 is 0 Å². The zero-order valence-electron chi connectivity index (χ0n) is 11.3. The molecule has 3 unspecified atom stereocenters. The maximum Gasteiger partial charge on any atom is 0.0915 e. The maximum absolute atomic E-state index is 9.69. The lowest BCUT2D eigenvalue weighted by molar-refractivity contribution is 0.0781. The summed E-state index contributed by atoms with van der Waals surface area (Å²) in [4.78, 5) is 0. The van der Waals surface area contributed by atoms with Gasteiger partial charge in [0.15, 0.2) is 0 Å². The topological polar surface area (TPSA) is 50.8 Å². The van der Waals surface area contributed by atoms with Crippen LogP contribution >= 0.6 is 15.9 Å². The van der Waals surface area contributed by atoms with Crippen LogP contribution in [-0.2, 0) is 17.7 Å². The van der Waals surface area contributed by atoms with Crippen molar-refractivity contribution in [1.82, 2.24) is 9.78 Å². The minimum atomic E-state index is -0.356. The van der Waals surface area contributed by atoms with Gasteiger partial charge in [-0.05, 0) is 49.0 Å². The molecule has 102 valence electrons. The van der Waals surface area contributed by atoms with Gasteiger partial charge in [-0.25, -0.2) is 0 Å². The number of hydrogen-bond donors (Lipinski definition) is 0. The van der Waals surface area contributed by atoms with E-state index in [1.807, 2.05) is 11.6 Å². The van der Waals surface area contributed by atoms with Gasteiger partial charge < -0.3 is 4.74 Å². The van der Waals surface area contributed by atoms with Crippen molar-refractivity contribution in [3.05, 3.63) is 15.9 Å². The van der Waals surface area contributed by atoms with E-state index in [0.717, 1.165) is 48.1 Å². The van der Waals surface area contributed by atoms with Crippen molar-refractivity contribution in [2.24, 2.45) is 5.41 Å². The summed E-state index contributed by atoms with van der Waals surface area (Å²) in [7, 11) is 0. The number of nitriles is 1. The Morgan fingerprint density at radius 3 is 2.89 bits per heavy atom. The lowest BCUT2D eigenvalue weighted by Crippen LogP contribution is -2.34. The molecule has 2 aliphatic rings. The number of aromatic nitrogens is 2. The van der Waals surface area contributed by atoms with Gasteiger partial charge in [0.25, 0.3) is 0 Å². The fourth-order valence-electron chi connectivity index (χ4n) is 3.48. The Hall–Kier alpha value is -0.860. The highest BCUT2D eigenvalue weighted by molar-refractivity contribution is 9.10. The van der Waals surface area contributed by atoms with Crippen LogP contribution in [0.4, 0.5) is 0 Å². The smallest absolute Gasteiger partial charge is 0.0915 e. The van der Waals surface area contributed by atoms with Crippen LogP contribution in [0.1, 0.15) is 37.6 Å². The van der Waals surface area contributed by atoms with Crippen LogP contribution in [0.25, 0.3) is 0 Å². The molecule has 0 spiro atoms. The Labute approximate surface area is 121 Å². The summed E-state index contributed by atoms with van der Waals surface area (Å²) >= 11 is 3.62. The SMILES string of the molecule is CCn1nc(C)c(Br)c1CC1(C#N)CC2CCC1O2. The van der Waals surface area contributed by atoms with Crippen molar-refractivity contribution in [3.8, 4) is 6.07 Å². The molecule has 5 heteroatoms. The van der Waals surface area contributed by atoms with Crippen molar-refractivity contribution >= 4 is 15.9 Å². The number of nitrogens with zero attached hydrogens (tertiary/aromatic N) is 3. The molecule has 1 aromatic heterocycles. The minimum Gasteiger partial charge on any atom is -0.373 e. The van der Waals surface area contributed by atoms with Crippen LogP contribution in [0.2, 0.25) is 0 Å². The number of ether oxygens (including phenoxy) is 1. The molecule has 19 heavy (non-hydrogen) atoms. The third-order valence-electron chi connectivity index (χ3n) is 4.47. The number of halogens is 1. The van der Waals surface area contributed by atoms with Gasteiger partial charge in [-0.2, -0.15) is 10.4 Å². The first kappa shape index (κ1) is 13.1. The highest BCUT2D eigenvalue weighted by Crippen LogP contribution is 2.49. The lowest BCUT2D eigenvalue weighted by Gasteiger charge is -2.28. The molecule has 2 fully saturated rings. The summed E-state index contributed by atoms with van der Waals surface area (Å²) in [6.07, 6.45) is 4.14. The molecule has 3 atom stereocenters. The second-order valence-electron chi connectivity index (χ2n) is 5.63. The Kier molecular flexibility index (Phi) is 3.18. The van der Waals surface area contributed by atoms with E-state index in [0.29, 0.717) is 6.10 Å². The maximum atomic E-state index is 9.69. The molecule has 2 bridgehead atoms. The highest BCUT2D eigenvalue weighted by Gasteiger charge is 2.53. The van der Waals surface area contributed by atoms with Crippen LogP contribution in [0.15, 0.2) is 4.47 Å². The molecule has 0 amide bonds. The van der Waals surface area contributed by atoms with Gasteiger partial charge in [-0.1, -0.05) is 0 Å². The summed E-state index contributed by atoms with van der Waals surface area (Å²) < 4.78 is 8.96. The van der Waals surface area contributed by atoms with E-state index in [9.17, 15) is 5.26 Å². The molecule has 0 radical (unpaired) electrons. The first-order valence-corrected chi connectivity index (χ1v) is 7.67. The average molecular weight is 324 g/mol. The fourth-order valence-corrected chi connectivity index (χ4v) is 3.90. The van der Waals surface area contributed by atoms with E-state index in [1.54, 1.807) is 0 Å². The van der Waals surface area contributed by atoms with Gasteiger partial charge in [0.05, 0.1) is 39.6 Å². The first-order chi connectivity index (χ1) is 9.09. The highest BCUT2D eigenvalue weighted by atomic mass is 79.9. The average Bonchev–Trinajstić information content (AvgIpc) is 3.08. The molecule has 3 rings (SSSR count). The summed E-state index contributed by atoms with van der Waals surface area (Å²) in [6.45, 7) is 4.91. The molecule has 2 saturated heterocycles. The minimum absolute atomic E-state index is 0.106. The van der Waals surface area contributed by atoms with Crippen LogP contribution in [0, 0.1) is 23.7 Å². The van der Waals surface area contributed by atoms with Crippen molar-refractivity contribution in [2.45, 2.75) is 58.3 Å². The van der Waals surface area contributed by atoms with E-state index in [4.69, 9.17) is 4.74 Å². The van der Waals surface area contributed by atoms with Crippen LogP contribution in [0.5, 0.6) is 0 Å². The molecule has 0 aliphatic carbocycles. The molecule has 0 N–H and O–H groups in total. The van der Waals surface area contributed by atoms with Crippen LogP contribution in [0.3, 0.4) is 0 Å². The Balaban J connectivity index is 1.95. The normalized spacial score (nSPS) is 32.7. The van der Waals surface area contributed by atoms with Gasteiger partial charge in [0.1, 0.15) is 0 Å². The van der Waals surface area contributed by atoms with E-state index in [-0.39, 0.29) is 11.5 Å². The van der Waals surface area contributed by atoms with E-state index in [1.165, 1.54) is 0 Å². The number of rotatable bonds is 3. The quantitative estimate of drug-likeness (QED) is 0.859. The second kappa shape index (κ2) is 4.60. The Morgan fingerprint density at radius 2 is 2.37 bits per heavy atom. The van der Waals surface area contributed by atoms with Gasteiger partial charge in [0, 0.05) is 13.0 Å². The zero-order chi connectivity index (χ0) is 13.6. The monoisotopic (exact) mass is 323 g/mol. The molecular formula is C14H18BrN3O.